The minimum Gasteiger partial charge on any atom is -0.444 e. The lowest BCUT2D eigenvalue weighted by Crippen LogP contribution is -2.51. The van der Waals surface area contributed by atoms with Crippen molar-refractivity contribution < 1.29 is 14.3 Å². The zero-order valence-corrected chi connectivity index (χ0v) is 27.7. The van der Waals surface area contributed by atoms with E-state index in [9.17, 15) is 9.59 Å². The highest BCUT2D eigenvalue weighted by atomic mass is 16.6. The smallest absolute Gasteiger partial charge is 0.407 e. The number of aromatic nitrogens is 4. The number of rotatable bonds is 9. The van der Waals surface area contributed by atoms with E-state index in [2.05, 4.69) is 37.6 Å². The lowest BCUT2D eigenvalue weighted by Gasteiger charge is -2.42. The molecule has 6 rings (SSSR count). The number of carbonyl (C=O) groups excluding carboxylic acids is 2. The number of piperidine rings is 2. The molecule has 2 aliphatic heterocycles. The van der Waals surface area contributed by atoms with Gasteiger partial charge in [0.1, 0.15) is 11.3 Å². The van der Waals surface area contributed by atoms with Crippen LogP contribution in [0.4, 0.5) is 10.6 Å². The summed E-state index contributed by atoms with van der Waals surface area (Å²) in [6, 6.07) is 16.4. The summed E-state index contributed by atoms with van der Waals surface area (Å²) in [5.74, 6) is 0.774. The molecule has 248 valence electrons. The van der Waals surface area contributed by atoms with E-state index in [-0.39, 0.29) is 18.0 Å². The Morgan fingerprint density at radius 2 is 1.70 bits per heavy atom. The number of carbonyl (C=O) groups is 2. The topological polar surface area (TPSA) is 118 Å². The van der Waals surface area contributed by atoms with Crippen LogP contribution in [0, 0.1) is 0 Å². The number of alkyl carbamates (subject to hydrolysis) is 1. The van der Waals surface area contributed by atoms with Crippen molar-refractivity contribution in [3.05, 3.63) is 72.8 Å². The number of nitrogens with one attached hydrogen (secondary N) is 2. The van der Waals surface area contributed by atoms with Crippen LogP contribution in [0.3, 0.4) is 0 Å². The molecule has 4 heterocycles. The molecule has 4 aromatic rings. The van der Waals surface area contributed by atoms with E-state index in [0.29, 0.717) is 23.7 Å². The van der Waals surface area contributed by atoms with Gasteiger partial charge in [-0.25, -0.2) is 19.7 Å². The molecule has 0 unspecified atom stereocenters. The molecule has 11 nitrogen and oxygen atoms in total. The number of hydrogen-bond donors (Lipinski definition) is 2. The first-order chi connectivity index (χ1) is 22.7. The van der Waals surface area contributed by atoms with Crippen molar-refractivity contribution in [1.82, 2.24) is 35.1 Å². The molecule has 0 bridgehead atoms. The van der Waals surface area contributed by atoms with E-state index in [1.165, 1.54) is 0 Å². The summed E-state index contributed by atoms with van der Waals surface area (Å²) in [7, 11) is 0. The molecular formula is C36H46N8O3. The Morgan fingerprint density at radius 1 is 0.936 bits per heavy atom. The number of fused-ring (bicyclic) bond motifs is 1. The third-order valence-electron chi connectivity index (χ3n) is 8.92. The van der Waals surface area contributed by atoms with Crippen LogP contribution >= 0.6 is 0 Å². The van der Waals surface area contributed by atoms with Crippen molar-refractivity contribution >= 4 is 28.9 Å². The first-order valence-corrected chi connectivity index (χ1v) is 16.8. The fourth-order valence-electron chi connectivity index (χ4n) is 6.51. The molecule has 11 heteroatoms. The Kier molecular flexibility index (Phi) is 10.0. The third kappa shape index (κ3) is 8.45. The molecule has 0 aliphatic carbocycles. The van der Waals surface area contributed by atoms with E-state index in [1.807, 2.05) is 67.9 Å². The van der Waals surface area contributed by atoms with E-state index in [4.69, 9.17) is 14.7 Å². The van der Waals surface area contributed by atoms with Crippen molar-refractivity contribution in [2.45, 2.75) is 77.1 Å². The molecule has 2 aliphatic rings. The van der Waals surface area contributed by atoms with Crippen LogP contribution in [0.15, 0.2) is 67.3 Å². The van der Waals surface area contributed by atoms with Gasteiger partial charge >= 0.3 is 6.09 Å². The lowest BCUT2D eigenvalue weighted by atomic mass is 9.97. The molecule has 0 saturated carbocycles. The van der Waals surface area contributed by atoms with Crippen molar-refractivity contribution in [1.29, 1.82) is 0 Å². The number of anilines is 1. The van der Waals surface area contributed by atoms with Crippen molar-refractivity contribution in [3.8, 4) is 11.3 Å². The first-order valence-electron chi connectivity index (χ1n) is 16.8. The lowest BCUT2D eigenvalue weighted by molar-refractivity contribution is 0.0463. The Morgan fingerprint density at radius 3 is 2.40 bits per heavy atom. The van der Waals surface area contributed by atoms with E-state index >= 15 is 0 Å². The van der Waals surface area contributed by atoms with Crippen LogP contribution in [0.5, 0.6) is 0 Å². The van der Waals surface area contributed by atoms with Crippen molar-refractivity contribution in [2.75, 3.05) is 37.6 Å². The van der Waals surface area contributed by atoms with Gasteiger partial charge in [-0.15, -0.1) is 0 Å². The molecule has 0 spiro atoms. The summed E-state index contributed by atoms with van der Waals surface area (Å²) in [5.41, 5.74) is 3.41. The van der Waals surface area contributed by atoms with Gasteiger partial charge in [0.25, 0.3) is 5.91 Å². The molecule has 2 fully saturated rings. The molecule has 47 heavy (non-hydrogen) atoms. The molecular weight excluding hydrogens is 592 g/mol. The summed E-state index contributed by atoms with van der Waals surface area (Å²) in [4.78, 5) is 44.5. The number of amides is 2. The van der Waals surface area contributed by atoms with E-state index in [0.717, 1.165) is 87.4 Å². The zero-order chi connectivity index (χ0) is 32.8. The van der Waals surface area contributed by atoms with Crippen LogP contribution in [-0.4, -0.2) is 86.8 Å². The summed E-state index contributed by atoms with van der Waals surface area (Å²) < 4.78 is 7.45. The van der Waals surface area contributed by atoms with Gasteiger partial charge in [-0.3, -0.25) is 4.79 Å². The summed E-state index contributed by atoms with van der Waals surface area (Å²) in [5, 5.41) is 6.08. The quantitative estimate of drug-likeness (QED) is 0.238. The van der Waals surface area contributed by atoms with E-state index < -0.39 is 5.60 Å². The van der Waals surface area contributed by atoms with Crippen LogP contribution in [0.2, 0.25) is 0 Å². The largest absolute Gasteiger partial charge is 0.444 e. The van der Waals surface area contributed by atoms with Crippen LogP contribution in [0.25, 0.3) is 22.3 Å². The number of aryl methyl sites for hydroxylation is 1. The summed E-state index contributed by atoms with van der Waals surface area (Å²) >= 11 is 0. The van der Waals surface area contributed by atoms with Crippen LogP contribution < -0.4 is 15.5 Å². The van der Waals surface area contributed by atoms with Gasteiger partial charge in [0.2, 0.25) is 0 Å². The number of benzene rings is 2. The summed E-state index contributed by atoms with van der Waals surface area (Å²) in [6.45, 7) is 10.8. The minimum absolute atomic E-state index is 0.114. The van der Waals surface area contributed by atoms with Gasteiger partial charge in [0.05, 0.1) is 17.4 Å². The fourth-order valence-corrected chi connectivity index (χ4v) is 6.51. The summed E-state index contributed by atoms with van der Waals surface area (Å²) in [6.07, 6.45) is 9.89. The zero-order valence-electron chi connectivity index (χ0n) is 27.7. The van der Waals surface area contributed by atoms with Crippen LogP contribution in [-0.2, 0) is 11.3 Å². The average Bonchev–Trinajstić information content (AvgIpc) is 3.59. The van der Waals surface area contributed by atoms with Gasteiger partial charge in [-0.1, -0.05) is 30.3 Å². The highest BCUT2D eigenvalue weighted by Crippen LogP contribution is 2.33. The number of ether oxygens (including phenoxy) is 1. The van der Waals surface area contributed by atoms with Gasteiger partial charge in [0, 0.05) is 74.9 Å². The highest BCUT2D eigenvalue weighted by Gasteiger charge is 2.31. The normalized spacial score (nSPS) is 16.7. The molecule has 2 amide bonds. The van der Waals surface area contributed by atoms with Gasteiger partial charge in [-0.2, -0.15) is 0 Å². The Labute approximate surface area is 276 Å². The number of likely N-dealkylation sites (tertiary alicyclic amines) is 1. The minimum atomic E-state index is -0.490. The number of imidazole rings is 1. The van der Waals surface area contributed by atoms with Gasteiger partial charge in [0.15, 0.2) is 5.82 Å². The molecule has 2 saturated heterocycles. The maximum Gasteiger partial charge on any atom is 0.407 e. The number of nitrogens with zero attached hydrogens (tertiary/aromatic N) is 6. The second kappa shape index (κ2) is 14.5. The van der Waals surface area contributed by atoms with Crippen molar-refractivity contribution in [3.63, 3.8) is 0 Å². The average molecular weight is 639 g/mol. The Hall–Kier alpha value is -4.51. The molecule has 2 aromatic carbocycles. The second-order valence-electron chi connectivity index (χ2n) is 13.5. The number of hydrogen-bond acceptors (Lipinski definition) is 8. The predicted molar refractivity (Wildman–Crippen MR) is 183 cm³/mol. The predicted octanol–water partition coefficient (Wildman–Crippen LogP) is 5.27. The SMILES string of the molecule is CC(C)(C)OC(=O)NC1CCN(C2CCN(c3nc4ccc(C(=O)NCCCn5ccnc5)cc4nc3-c3ccccc3)CC2)CC1. The maximum absolute atomic E-state index is 13.0. The molecule has 0 radical (unpaired) electrons. The third-order valence-corrected chi connectivity index (χ3v) is 8.92. The van der Waals surface area contributed by atoms with Crippen molar-refractivity contribution in [2.24, 2.45) is 0 Å². The monoisotopic (exact) mass is 638 g/mol. The fraction of sp³-hybridized carbons (Fsp3) is 0.472. The Bertz CT molecular complexity index is 1640. The van der Waals surface area contributed by atoms with Crippen LogP contribution in [0.1, 0.15) is 63.2 Å². The van der Waals surface area contributed by atoms with Gasteiger partial charge in [-0.05, 0) is 71.1 Å². The maximum atomic E-state index is 13.0. The van der Waals surface area contributed by atoms with E-state index in [1.54, 1.807) is 12.5 Å². The standard InChI is InChI=1S/C36H46N8O3/c1-36(2,3)47-35(46)39-28-12-19-43(20-13-28)29-14-21-44(22-15-29)33-32(26-8-5-4-6-9-26)40-31-24-27(10-11-30(31)41-33)34(45)38-16-7-18-42-23-17-37-25-42/h4-6,8-11,17,23-25,28-29H,7,12-16,18-22H2,1-3H3,(H,38,45)(H,39,46). The highest BCUT2D eigenvalue weighted by molar-refractivity contribution is 5.98. The van der Waals surface area contributed by atoms with Gasteiger partial charge < -0.3 is 29.7 Å². The Balaban J connectivity index is 1.10. The molecule has 0 atom stereocenters. The second-order valence-corrected chi connectivity index (χ2v) is 13.5. The molecule has 2 aromatic heterocycles. The first kappa shape index (κ1) is 32.4. The molecule has 2 N–H and O–H groups in total.